The van der Waals surface area contributed by atoms with Crippen LogP contribution >= 0.6 is 0 Å². The number of amides is 1. The zero-order valence-electron chi connectivity index (χ0n) is 18.1. The van der Waals surface area contributed by atoms with Gasteiger partial charge in [-0.3, -0.25) is 9.52 Å². The van der Waals surface area contributed by atoms with Crippen LogP contribution in [0.2, 0.25) is 0 Å². The van der Waals surface area contributed by atoms with Crippen molar-refractivity contribution in [3.8, 4) is 11.5 Å². The van der Waals surface area contributed by atoms with E-state index < -0.39 is 44.5 Å². The molecule has 1 aliphatic heterocycles. The molecule has 4 rings (SSSR count). The molecule has 1 amide bonds. The van der Waals surface area contributed by atoms with Crippen LogP contribution in [0.3, 0.4) is 0 Å². The smallest absolute Gasteiger partial charge is 0.338 e. The van der Waals surface area contributed by atoms with E-state index in [1.165, 1.54) is 31.2 Å². The number of ether oxygens (including phenoxy) is 3. The number of fused-ring (bicyclic) bond motifs is 1. The predicted molar refractivity (Wildman–Crippen MR) is 120 cm³/mol. The largest absolute Gasteiger partial charge is 0.454 e. The van der Waals surface area contributed by atoms with Gasteiger partial charge in [-0.15, -0.1) is 0 Å². The highest BCUT2D eigenvalue weighted by Crippen LogP contribution is 2.34. The van der Waals surface area contributed by atoms with Crippen molar-refractivity contribution in [1.82, 2.24) is 0 Å². The summed E-state index contributed by atoms with van der Waals surface area (Å²) in [5.41, 5.74) is 0.559. The lowest BCUT2D eigenvalue weighted by molar-refractivity contribution is -0.123. The maximum atomic E-state index is 13.4. The molecule has 0 saturated heterocycles. The molecular formula is C23H18F2N2O7S. The SMILES string of the molecule is C[C@@H](OC(=O)c1ccc(NS(=O)(=O)c2ccc(F)c(F)c2)cc1)C(=O)Nc1ccc2c(c1)OCO2. The first-order valence-electron chi connectivity index (χ1n) is 10.1. The fraction of sp³-hybridized carbons (Fsp3) is 0.130. The van der Waals surface area contributed by atoms with Crippen LogP contribution in [0.15, 0.2) is 65.6 Å². The maximum Gasteiger partial charge on any atom is 0.338 e. The Morgan fingerprint density at radius 3 is 2.31 bits per heavy atom. The Morgan fingerprint density at radius 1 is 0.914 bits per heavy atom. The zero-order chi connectivity index (χ0) is 25.2. The molecule has 12 heteroatoms. The monoisotopic (exact) mass is 504 g/mol. The fourth-order valence-corrected chi connectivity index (χ4v) is 4.10. The third-order valence-corrected chi connectivity index (χ3v) is 6.25. The van der Waals surface area contributed by atoms with E-state index in [9.17, 15) is 26.8 Å². The third kappa shape index (κ3) is 5.49. The van der Waals surface area contributed by atoms with Crippen molar-refractivity contribution < 1.29 is 41.0 Å². The van der Waals surface area contributed by atoms with E-state index in [4.69, 9.17) is 14.2 Å². The first-order chi connectivity index (χ1) is 16.6. The number of sulfonamides is 1. The molecule has 182 valence electrons. The molecule has 35 heavy (non-hydrogen) atoms. The minimum Gasteiger partial charge on any atom is -0.454 e. The van der Waals surface area contributed by atoms with Crippen LogP contribution in [0.5, 0.6) is 11.5 Å². The topological polar surface area (TPSA) is 120 Å². The minimum absolute atomic E-state index is 0.0588. The number of carbonyl (C=O) groups excluding carboxylic acids is 2. The van der Waals surface area contributed by atoms with Gasteiger partial charge in [-0.2, -0.15) is 0 Å². The van der Waals surface area contributed by atoms with Crippen LogP contribution in [0, 0.1) is 11.6 Å². The average Bonchev–Trinajstić information content (AvgIpc) is 3.29. The standard InChI is InChI=1S/C23H18F2N2O7S/c1-13(22(28)26-16-6-9-20-21(10-16)33-12-32-20)34-23(29)14-2-4-15(5-3-14)27-35(30,31)17-7-8-18(24)19(25)11-17/h2-11,13,27H,12H2,1H3,(H,26,28)/t13-/m1/s1. The summed E-state index contributed by atoms with van der Waals surface area (Å²) < 4.78 is 69.0. The van der Waals surface area contributed by atoms with Gasteiger partial charge in [-0.1, -0.05) is 0 Å². The Kier molecular flexibility index (Phi) is 6.56. The maximum absolute atomic E-state index is 13.4. The van der Waals surface area contributed by atoms with Gasteiger partial charge in [0, 0.05) is 17.4 Å². The zero-order valence-corrected chi connectivity index (χ0v) is 18.9. The Hall–Kier alpha value is -4.19. The number of hydrogen-bond acceptors (Lipinski definition) is 7. The normalized spacial score (nSPS) is 13.1. The first-order valence-corrected chi connectivity index (χ1v) is 11.6. The lowest BCUT2D eigenvalue weighted by atomic mass is 10.2. The van der Waals surface area contributed by atoms with E-state index in [0.717, 1.165) is 6.07 Å². The van der Waals surface area contributed by atoms with Crippen LogP contribution < -0.4 is 19.5 Å². The Bertz CT molecular complexity index is 1400. The summed E-state index contributed by atoms with van der Waals surface area (Å²) in [5, 5.41) is 2.61. The molecule has 0 radical (unpaired) electrons. The van der Waals surface area contributed by atoms with Gasteiger partial charge in [0.25, 0.3) is 15.9 Å². The van der Waals surface area contributed by atoms with E-state index in [0.29, 0.717) is 29.3 Å². The van der Waals surface area contributed by atoms with Gasteiger partial charge >= 0.3 is 5.97 Å². The van der Waals surface area contributed by atoms with Crippen molar-refractivity contribution in [2.24, 2.45) is 0 Å². The second-order valence-electron chi connectivity index (χ2n) is 7.36. The van der Waals surface area contributed by atoms with Crippen LogP contribution in [-0.4, -0.2) is 33.2 Å². The van der Waals surface area contributed by atoms with Crippen molar-refractivity contribution in [2.45, 2.75) is 17.9 Å². The quantitative estimate of drug-likeness (QED) is 0.471. The summed E-state index contributed by atoms with van der Waals surface area (Å²) in [6, 6.07) is 12.1. The van der Waals surface area contributed by atoms with Gasteiger partial charge < -0.3 is 19.5 Å². The lowest BCUT2D eigenvalue weighted by Crippen LogP contribution is -2.30. The van der Waals surface area contributed by atoms with E-state index in [1.54, 1.807) is 18.2 Å². The summed E-state index contributed by atoms with van der Waals surface area (Å²) in [4.78, 5) is 24.3. The molecule has 1 heterocycles. The number of nitrogens with one attached hydrogen (secondary N) is 2. The highest BCUT2D eigenvalue weighted by Gasteiger charge is 2.21. The van der Waals surface area contributed by atoms with Crippen molar-refractivity contribution >= 4 is 33.3 Å². The summed E-state index contributed by atoms with van der Waals surface area (Å²) >= 11 is 0. The molecule has 0 bridgehead atoms. The van der Waals surface area contributed by atoms with Crippen LogP contribution in [0.4, 0.5) is 20.2 Å². The highest BCUT2D eigenvalue weighted by molar-refractivity contribution is 7.92. The fourth-order valence-electron chi connectivity index (χ4n) is 3.03. The van der Waals surface area contributed by atoms with Crippen molar-refractivity contribution in [1.29, 1.82) is 0 Å². The Balaban J connectivity index is 1.35. The van der Waals surface area contributed by atoms with E-state index >= 15 is 0 Å². The van der Waals surface area contributed by atoms with E-state index in [1.807, 2.05) is 0 Å². The summed E-state index contributed by atoms with van der Waals surface area (Å²) in [6.07, 6.45) is -1.14. The van der Waals surface area contributed by atoms with Gasteiger partial charge in [-0.05, 0) is 61.5 Å². The van der Waals surface area contributed by atoms with Gasteiger partial charge in [0.2, 0.25) is 6.79 Å². The third-order valence-electron chi connectivity index (χ3n) is 4.87. The number of benzene rings is 3. The Labute approximate surface area is 198 Å². The van der Waals surface area contributed by atoms with E-state index in [-0.39, 0.29) is 18.0 Å². The number of hydrogen-bond donors (Lipinski definition) is 2. The molecule has 2 N–H and O–H groups in total. The van der Waals surface area contributed by atoms with Crippen molar-refractivity contribution in [2.75, 3.05) is 16.8 Å². The summed E-state index contributed by atoms with van der Waals surface area (Å²) in [6.45, 7) is 1.48. The number of carbonyl (C=O) groups is 2. The molecule has 3 aromatic carbocycles. The number of rotatable bonds is 7. The molecule has 0 aromatic heterocycles. The van der Waals surface area contributed by atoms with Gasteiger partial charge in [0.1, 0.15) is 0 Å². The number of halogens is 2. The lowest BCUT2D eigenvalue weighted by Gasteiger charge is -2.14. The molecule has 1 aliphatic rings. The Morgan fingerprint density at radius 2 is 1.60 bits per heavy atom. The molecule has 0 unspecified atom stereocenters. The molecule has 3 aromatic rings. The molecule has 0 fully saturated rings. The molecule has 0 saturated carbocycles. The molecular weight excluding hydrogens is 486 g/mol. The van der Waals surface area contributed by atoms with Gasteiger partial charge in [-0.25, -0.2) is 22.0 Å². The van der Waals surface area contributed by atoms with Crippen molar-refractivity contribution in [3.63, 3.8) is 0 Å². The van der Waals surface area contributed by atoms with Crippen LogP contribution in [0.1, 0.15) is 17.3 Å². The first kappa shape index (κ1) is 24.0. The molecule has 1 atom stereocenters. The highest BCUT2D eigenvalue weighted by atomic mass is 32.2. The second-order valence-corrected chi connectivity index (χ2v) is 9.05. The van der Waals surface area contributed by atoms with E-state index in [2.05, 4.69) is 10.0 Å². The number of anilines is 2. The summed E-state index contributed by atoms with van der Waals surface area (Å²) in [7, 11) is -4.19. The van der Waals surface area contributed by atoms with Crippen LogP contribution in [0.25, 0.3) is 0 Å². The van der Waals surface area contributed by atoms with Gasteiger partial charge in [0.15, 0.2) is 29.2 Å². The second kappa shape index (κ2) is 9.58. The van der Waals surface area contributed by atoms with Gasteiger partial charge in [0.05, 0.1) is 10.5 Å². The van der Waals surface area contributed by atoms with Crippen LogP contribution in [-0.2, 0) is 19.6 Å². The summed E-state index contributed by atoms with van der Waals surface area (Å²) in [5.74, 6) is -2.83. The predicted octanol–water partition coefficient (Wildman–Crippen LogP) is 3.68. The molecule has 9 nitrogen and oxygen atoms in total. The number of esters is 1. The average molecular weight is 504 g/mol. The van der Waals surface area contributed by atoms with Crippen molar-refractivity contribution in [3.05, 3.63) is 77.9 Å². The molecule has 0 aliphatic carbocycles. The molecule has 0 spiro atoms. The minimum atomic E-state index is -4.19.